The molecule has 5 heteroatoms. The highest BCUT2D eigenvalue weighted by molar-refractivity contribution is 5.96. The minimum Gasteiger partial charge on any atom is -0.359 e. The van der Waals surface area contributed by atoms with Gasteiger partial charge in [-0.25, -0.2) is 0 Å². The maximum Gasteiger partial charge on any atom is 0.241 e. The number of likely N-dealkylation sites (tertiary alicyclic amines) is 1. The number of anilines is 1. The maximum absolute atomic E-state index is 13.0. The van der Waals surface area contributed by atoms with Crippen LogP contribution in [0.3, 0.4) is 0 Å². The molecule has 0 N–H and O–H groups in total. The molecule has 1 aromatic heterocycles. The summed E-state index contributed by atoms with van der Waals surface area (Å²) in [6.07, 6.45) is 4.21. The van der Waals surface area contributed by atoms with Crippen LogP contribution in [0, 0.1) is 13.8 Å². The Bertz CT molecular complexity index is 783. The molecule has 5 nitrogen and oxygen atoms in total. The van der Waals surface area contributed by atoms with Crippen LogP contribution in [0.5, 0.6) is 0 Å². The van der Waals surface area contributed by atoms with Gasteiger partial charge in [0.25, 0.3) is 0 Å². The van der Waals surface area contributed by atoms with Gasteiger partial charge in [-0.3, -0.25) is 9.69 Å². The Morgan fingerprint density at radius 2 is 2.12 bits per heavy atom. The fourth-order valence-electron chi connectivity index (χ4n) is 4.12. The lowest BCUT2D eigenvalue weighted by atomic mass is 9.99. The van der Waals surface area contributed by atoms with Crippen LogP contribution in [0.4, 0.5) is 5.69 Å². The van der Waals surface area contributed by atoms with Gasteiger partial charge in [-0.05, 0) is 57.7 Å². The second-order valence-corrected chi connectivity index (χ2v) is 7.28. The van der Waals surface area contributed by atoms with Gasteiger partial charge in [-0.2, -0.15) is 0 Å². The average Bonchev–Trinajstić information content (AvgIpc) is 3.22. The Labute approximate surface area is 148 Å². The minimum atomic E-state index is 0.174. The van der Waals surface area contributed by atoms with Gasteiger partial charge in [0.05, 0.1) is 18.3 Å². The molecule has 132 valence electrons. The van der Waals surface area contributed by atoms with Crippen molar-refractivity contribution in [3.8, 4) is 0 Å². The molecule has 4 rings (SSSR count). The van der Waals surface area contributed by atoms with Gasteiger partial charge in [0, 0.05) is 18.3 Å². The van der Waals surface area contributed by atoms with E-state index in [0.29, 0.717) is 6.54 Å². The number of carbonyl (C=O) groups excluding carboxylic acids is 1. The number of carbonyl (C=O) groups is 1. The Morgan fingerprint density at radius 1 is 1.24 bits per heavy atom. The van der Waals surface area contributed by atoms with Crippen LogP contribution in [-0.4, -0.2) is 35.6 Å². The van der Waals surface area contributed by atoms with Gasteiger partial charge in [0.15, 0.2) is 5.76 Å². The van der Waals surface area contributed by atoms with E-state index in [1.807, 2.05) is 17.9 Å². The first-order chi connectivity index (χ1) is 12.1. The molecule has 1 fully saturated rings. The van der Waals surface area contributed by atoms with E-state index in [9.17, 15) is 4.79 Å². The molecule has 2 aliphatic heterocycles. The van der Waals surface area contributed by atoms with Crippen molar-refractivity contribution in [1.82, 2.24) is 10.1 Å². The molecule has 1 atom stereocenters. The molecule has 0 aliphatic carbocycles. The lowest BCUT2D eigenvalue weighted by molar-refractivity contribution is -0.120. The molecule has 2 aliphatic rings. The van der Waals surface area contributed by atoms with E-state index in [2.05, 4.69) is 35.2 Å². The van der Waals surface area contributed by atoms with Crippen molar-refractivity contribution in [2.75, 3.05) is 24.5 Å². The first kappa shape index (κ1) is 16.3. The van der Waals surface area contributed by atoms with E-state index < -0.39 is 0 Å². The van der Waals surface area contributed by atoms with Crippen LogP contribution in [-0.2, 0) is 11.2 Å². The summed E-state index contributed by atoms with van der Waals surface area (Å²) in [4.78, 5) is 17.2. The zero-order valence-electron chi connectivity index (χ0n) is 15.0. The molecule has 25 heavy (non-hydrogen) atoms. The van der Waals surface area contributed by atoms with Gasteiger partial charge >= 0.3 is 0 Å². The predicted octanol–water partition coefficient (Wildman–Crippen LogP) is 3.41. The first-order valence-electron chi connectivity index (χ1n) is 9.19. The summed E-state index contributed by atoms with van der Waals surface area (Å²) in [5, 5.41) is 4.01. The molecule has 0 radical (unpaired) electrons. The first-order valence-corrected chi connectivity index (χ1v) is 9.19. The van der Waals surface area contributed by atoms with Crippen molar-refractivity contribution in [1.29, 1.82) is 0 Å². The van der Waals surface area contributed by atoms with Crippen LogP contribution >= 0.6 is 0 Å². The van der Waals surface area contributed by atoms with Crippen molar-refractivity contribution in [3.05, 3.63) is 46.8 Å². The number of fused-ring (bicyclic) bond motifs is 1. The number of aromatic nitrogens is 1. The third kappa shape index (κ3) is 3.21. The summed E-state index contributed by atoms with van der Waals surface area (Å²) in [5.74, 6) is 1.07. The van der Waals surface area contributed by atoms with E-state index in [0.717, 1.165) is 55.9 Å². The second kappa shape index (κ2) is 6.64. The topological polar surface area (TPSA) is 49.6 Å². The quantitative estimate of drug-likeness (QED) is 0.860. The highest BCUT2D eigenvalue weighted by atomic mass is 16.5. The molecule has 1 aromatic carbocycles. The average molecular weight is 339 g/mol. The summed E-state index contributed by atoms with van der Waals surface area (Å²) in [6, 6.07) is 8.58. The standard InChI is InChI=1S/C20H25N3O2/c1-14-7-8-17-16(11-14)5-3-10-23(17)20(24)13-22-9-4-6-18(22)19-12-15(2)21-25-19/h7-8,11-12,18H,3-6,9-10,13H2,1-2H3. The van der Waals surface area contributed by atoms with E-state index in [1.165, 1.54) is 11.1 Å². The van der Waals surface area contributed by atoms with Gasteiger partial charge in [0.2, 0.25) is 5.91 Å². The van der Waals surface area contributed by atoms with Crippen molar-refractivity contribution in [3.63, 3.8) is 0 Å². The number of benzene rings is 1. The van der Waals surface area contributed by atoms with Crippen molar-refractivity contribution < 1.29 is 9.32 Å². The molecular formula is C20H25N3O2. The molecule has 0 saturated carbocycles. The van der Waals surface area contributed by atoms with E-state index in [1.54, 1.807) is 0 Å². The molecule has 1 saturated heterocycles. The molecule has 2 aromatic rings. The third-order valence-electron chi connectivity index (χ3n) is 5.33. The van der Waals surface area contributed by atoms with Crippen molar-refractivity contribution in [2.45, 2.75) is 45.6 Å². The number of nitrogens with zero attached hydrogens (tertiary/aromatic N) is 3. The Morgan fingerprint density at radius 3 is 2.92 bits per heavy atom. The summed E-state index contributed by atoms with van der Waals surface area (Å²) < 4.78 is 5.46. The fraction of sp³-hybridized carbons (Fsp3) is 0.500. The van der Waals surface area contributed by atoms with Crippen LogP contribution < -0.4 is 4.90 Å². The molecule has 0 bridgehead atoms. The molecule has 3 heterocycles. The zero-order valence-corrected chi connectivity index (χ0v) is 15.0. The number of amides is 1. The fourth-order valence-corrected chi connectivity index (χ4v) is 4.12. The normalized spacial score (nSPS) is 20.7. The highest BCUT2D eigenvalue weighted by Gasteiger charge is 2.32. The van der Waals surface area contributed by atoms with Crippen LogP contribution in [0.15, 0.2) is 28.8 Å². The molecule has 1 amide bonds. The summed E-state index contributed by atoms with van der Waals surface area (Å²) in [7, 11) is 0. The largest absolute Gasteiger partial charge is 0.359 e. The van der Waals surface area contributed by atoms with E-state index >= 15 is 0 Å². The van der Waals surface area contributed by atoms with Crippen LogP contribution in [0.25, 0.3) is 0 Å². The monoisotopic (exact) mass is 339 g/mol. The molecule has 1 unspecified atom stereocenters. The number of hydrogen-bond donors (Lipinski definition) is 0. The van der Waals surface area contributed by atoms with Crippen molar-refractivity contribution >= 4 is 11.6 Å². The maximum atomic E-state index is 13.0. The second-order valence-electron chi connectivity index (χ2n) is 7.28. The zero-order chi connectivity index (χ0) is 17.4. The lowest BCUT2D eigenvalue weighted by Gasteiger charge is -2.32. The van der Waals surface area contributed by atoms with E-state index in [4.69, 9.17) is 4.52 Å². The smallest absolute Gasteiger partial charge is 0.241 e. The van der Waals surface area contributed by atoms with Gasteiger partial charge in [0.1, 0.15) is 0 Å². The summed E-state index contributed by atoms with van der Waals surface area (Å²) in [6.45, 7) is 6.23. The lowest BCUT2D eigenvalue weighted by Crippen LogP contribution is -2.42. The van der Waals surface area contributed by atoms with E-state index in [-0.39, 0.29) is 11.9 Å². The van der Waals surface area contributed by atoms with Gasteiger partial charge < -0.3 is 9.42 Å². The molecule has 0 spiro atoms. The number of hydrogen-bond acceptors (Lipinski definition) is 4. The van der Waals surface area contributed by atoms with Crippen molar-refractivity contribution in [2.24, 2.45) is 0 Å². The van der Waals surface area contributed by atoms with Crippen LogP contribution in [0.2, 0.25) is 0 Å². The third-order valence-corrected chi connectivity index (χ3v) is 5.33. The number of rotatable bonds is 3. The minimum absolute atomic E-state index is 0.174. The predicted molar refractivity (Wildman–Crippen MR) is 96.6 cm³/mol. The molecular weight excluding hydrogens is 314 g/mol. The Hall–Kier alpha value is -2.14. The Kier molecular flexibility index (Phi) is 4.34. The highest BCUT2D eigenvalue weighted by Crippen LogP contribution is 2.33. The SMILES string of the molecule is Cc1ccc2c(c1)CCCN2C(=O)CN1CCCC1c1cc(C)no1. The number of aryl methyl sites for hydroxylation is 3. The summed E-state index contributed by atoms with van der Waals surface area (Å²) >= 11 is 0. The van der Waals surface area contributed by atoms with Gasteiger partial charge in [-0.15, -0.1) is 0 Å². The Balaban J connectivity index is 1.51. The van der Waals surface area contributed by atoms with Crippen LogP contribution in [0.1, 0.15) is 47.9 Å². The van der Waals surface area contributed by atoms with Gasteiger partial charge in [-0.1, -0.05) is 22.9 Å². The summed E-state index contributed by atoms with van der Waals surface area (Å²) in [5.41, 5.74) is 4.54.